The van der Waals surface area contributed by atoms with Crippen LogP contribution in [0.25, 0.3) is 33.5 Å². The molecule has 32 heavy (non-hydrogen) atoms. The van der Waals surface area contributed by atoms with Crippen LogP contribution in [0.2, 0.25) is 0 Å². The summed E-state index contributed by atoms with van der Waals surface area (Å²) in [6, 6.07) is 24.9. The van der Waals surface area contributed by atoms with Crippen molar-refractivity contribution >= 4 is 33.6 Å². The van der Waals surface area contributed by atoms with Crippen LogP contribution in [0.3, 0.4) is 0 Å². The van der Waals surface area contributed by atoms with Crippen LogP contribution in [0.4, 0.5) is 15.9 Å². The Morgan fingerprint density at radius 2 is 1.41 bits per heavy atom. The summed E-state index contributed by atoms with van der Waals surface area (Å²) in [4.78, 5) is 14.1. The fraction of sp³-hybridized carbons (Fsp3) is 0.154. The highest BCUT2D eigenvalue weighted by atomic mass is 19.1. The van der Waals surface area contributed by atoms with Crippen LogP contribution >= 0.6 is 0 Å². The first-order valence-electron chi connectivity index (χ1n) is 10.8. The fourth-order valence-corrected chi connectivity index (χ4v) is 4.37. The lowest BCUT2D eigenvalue weighted by Gasteiger charge is -2.36. The second-order valence-electron chi connectivity index (χ2n) is 7.94. The van der Waals surface area contributed by atoms with E-state index in [-0.39, 0.29) is 5.82 Å². The van der Waals surface area contributed by atoms with Crippen molar-refractivity contribution in [2.75, 3.05) is 36.0 Å². The van der Waals surface area contributed by atoms with E-state index in [1.165, 1.54) is 6.07 Å². The van der Waals surface area contributed by atoms with Crippen molar-refractivity contribution in [3.63, 3.8) is 0 Å². The first kappa shape index (κ1) is 18.8. The molecule has 0 spiro atoms. The molecule has 0 saturated carbocycles. The molecule has 6 heteroatoms. The number of anilines is 2. The number of hydrogen-bond donors (Lipinski definition) is 0. The van der Waals surface area contributed by atoms with Gasteiger partial charge in [0.2, 0.25) is 0 Å². The van der Waals surface area contributed by atoms with Crippen molar-refractivity contribution in [3.05, 3.63) is 84.7 Å². The number of nitrogens with zero attached hydrogens (tertiary/aromatic N) is 4. The first-order chi connectivity index (χ1) is 15.8. The molecule has 5 nitrogen and oxygen atoms in total. The monoisotopic (exact) mass is 424 g/mol. The molecule has 0 bridgehead atoms. The molecule has 6 rings (SSSR count). The molecule has 0 amide bonds. The number of benzene rings is 3. The number of furan rings is 1. The number of hydrogen-bond acceptors (Lipinski definition) is 5. The molecule has 0 unspecified atom stereocenters. The summed E-state index contributed by atoms with van der Waals surface area (Å²) in [6.07, 6.45) is 0. The Bertz CT molecular complexity index is 1410. The van der Waals surface area contributed by atoms with Gasteiger partial charge in [0.15, 0.2) is 17.2 Å². The summed E-state index contributed by atoms with van der Waals surface area (Å²) in [7, 11) is 0. The Morgan fingerprint density at radius 3 is 2.22 bits per heavy atom. The maximum Gasteiger partial charge on any atom is 0.196 e. The smallest absolute Gasteiger partial charge is 0.196 e. The van der Waals surface area contributed by atoms with Gasteiger partial charge in [-0.05, 0) is 24.3 Å². The van der Waals surface area contributed by atoms with Gasteiger partial charge in [-0.3, -0.25) is 0 Å². The molecule has 1 aliphatic rings. The summed E-state index contributed by atoms with van der Waals surface area (Å²) in [6.45, 7) is 2.83. The molecule has 1 saturated heterocycles. The first-order valence-corrected chi connectivity index (χ1v) is 10.8. The average Bonchev–Trinajstić information content (AvgIpc) is 3.23. The lowest BCUT2D eigenvalue weighted by atomic mass is 10.2. The van der Waals surface area contributed by atoms with Crippen LogP contribution in [0, 0.1) is 5.82 Å². The number of fused-ring (bicyclic) bond motifs is 3. The normalized spacial score (nSPS) is 14.4. The lowest BCUT2D eigenvalue weighted by Crippen LogP contribution is -2.47. The van der Waals surface area contributed by atoms with Gasteiger partial charge >= 0.3 is 0 Å². The van der Waals surface area contributed by atoms with Crippen LogP contribution < -0.4 is 9.80 Å². The molecule has 158 valence electrons. The standard InChI is InChI=1S/C26H21FN4O/c27-20-11-5-6-12-21(20)30-14-16-31(17-15-30)26-24-23(19-10-4-7-13-22(19)32-24)28-25(29-26)18-8-2-1-3-9-18/h1-13H,14-17H2. The molecule has 2 aromatic heterocycles. The van der Waals surface area contributed by atoms with Gasteiger partial charge in [-0.25, -0.2) is 14.4 Å². The van der Waals surface area contributed by atoms with Gasteiger partial charge in [0, 0.05) is 37.1 Å². The van der Waals surface area contributed by atoms with Gasteiger partial charge in [-0.15, -0.1) is 0 Å². The predicted molar refractivity (Wildman–Crippen MR) is 126 cm³/mol. The largest absolute Gasteiger partial charge is 0.450 e. The fourth-order valence-electron chi connectivity index (χ4n) is 4.37. The topological polar surface area (TPSA) is 45.4 Å². The maximum atomic E-state index is 14.3. The van der Waals surface area contributed by atoms with Gasteiger partial charge < -0.3 is 14.2 Å². The van der Waals surface area contributed by atoms with Crippen molar-refractivity contribution < 1.29 is 8.81 Å². The summed E-state index contributed by atoms with van der Waals surface area (Å²) in [5, 5.41) is 0.980. The molecular weight excluding hydrogens is 403 g/mol. The van der Waals surface area contributed by atoms with Crippen molar-refractivity contribution in [1.82, 2.24) is 9.97 Å². The Hall–Kier alpha value is -3.93. The van der Waals surface area contributed by atoms with Crippen molar-refractivity contribution in [2.24, 2.45) is 0 Å². The SMILES string of the molecule is Fc1ccccc1N1CCN(c2nc(-c3ccccc3)nc3c2oc2ccccc23)CC1. The number of para-hydroxylation sites is 2. The van der Waals surface area contributed by atoms with E-state index < -0.39 is 0 Å². The van der Waals surface area contributed by atoms with Crippen LogP contribution in [0.5, 0.6) is 0 Å². The number of aromatic nitrogens is 2. The summed E-state index contributed by atoms with van der Waals surface area (Å²) < 4.78 is 20.5. The van der Waals surface area contributed by atoms with Crippen LogP contribution in [0.1, 0.15) is 0 Å². The Balaban J connectivity index is 1.42. The van der Waals surface area contributed by atoms with E-state index in [1.807, 2.05) is 66.7 Å². The van der Waals surface area contributed by atoms with E-state index in [0.29, 0.717) is 43.3 Å². The van der Waals surface area contributed by atoms with Crippen molar-refractivity contribution in [3.8, 4) is 11.4 Å². The summed E-state index contributed by atoms with van der Waals surface area (Å²) in [5.74, 6) is 1.28. The van der Waals surface area contributed by atoms with Gasteiger partial charge in [0.05, 0.1) is 5.69 Å². The highest BCUT2D eigenvalue weighted by molar-refractivity contribution is 6.06. The Kier molecular flexibility index (Phi) is 4.49. The zero-order valence-electron chi connectivity index (χ0n) is 17.4. The molecule has 0 radical (unpaired) electrons. The van der Waals surface area contributed by atoms with E-state index in [1.54, 1.807) is 6.07 Å². The second kappa shape index (κ2) is 7.64. The molecule has 0 atom stereocenters. The highest BCUT2D eigenvalue weighted by Gasteiger charge is 2.25. The molecule has 1 aliphatic heterocycles. The van der Waals surface area contributed by atoms with E-state index >= 15 is 0 Å². The van der Waals surface area contributed by atoms with E-state index in [9.17, 15) is 4.39 Å². The number of halogens is 1. The summed E-state index contributed by atoms with van der Waals surface area (Å²) in [5.41, 5.74) is 3.93. The highest BCUT2D eigenvalue weighted by Crippen LogP contribution is 2.35. The minimum Gasteiger partial charge on any atom is -0.450 e. The van der Waals surface area contributed by atoms with Crippen LogP contribution in [-0.2, 0) is 0 Å². The third kappa shape index (κ3) is 3.15. The zero-order valence-corrected chi connectivity index (χ0v) is 17.4. The zero-order chi connectivity index (χ0) is 21.5. The van der Waals surface area contributed by atoms with Gasteiger partial charge in [0.25, 0.3) is 0 Å². The molecule has 5 aromatic rings. The molecular formula is C26H21FN4O. The molecule has 0 N–H and O–H groups in total. The van der Waals surface area contributed by atoms with E-state index in [4.69, 9.17) is 14.4 Å². The molecule has 3 aromatic carbocycles. The van der Waals surface area contributed by atoms with Crippen molar-refractivity contribution in [1.29, 1.82) is 0 Å². The van der Waals surface area contributed by atoms with Gasteiger partial charge in [0.1, 0.15) is 16.9 Å². The van der Waals surface area contributed by atoms with E-state index in [2.05, 4.69) is 9.80 Å². The third-order valence-electron chi connectivity index (χ3n) is 6.01. The second-order valence-corrected chi connectivity index (χ2v) is 7.94. The molecule has 3 heterocycles. The maximum absolute atomic E-state index is 14.3. The van der Waals surface area contributed by atoms with Gasteiger partial charge in [-0.2, -0.15) is 0 Å². The minimum atomic E-state index is -0.186. The van der Waals surface area contributed by atoms with Gasteiger partial charge in [-0.1, -0.05) is 54.6 Å². The van der Waals surface area contributed by atoms with Crippen molar-refractivity contribution in [2.45, 2.75) is 0 Å². The molecule has 0 aliphatic carbocycles. The number of piperazine rings is 1. The Labute approximate surface area is 184 Å². The van der Waals surface area contributed by atoms with Crippen LogP contribution in [-0.4, -0.2) is 36.1 Å². The predicted octanol–water partition coefficient (Wildman–Crippen LogP) is 5.51. The quantitative estimate of drug-likeness (QED) is 0.382. The number of rotatable bonds is 3. The average molecular weight is 424 g/mol. The summed E-state index contributed by atoms with van der Waals surface area (Å²) >= 11 is 0. The lowest BCUT2D eigenvalue weighted by molar-refractivity contribution is 0.593. The van der Waals surface area contributed by atoms with E-state index in [0.717, 1.165) is 27.9 Å². The third-order valence-corrected chi connectivity index (χ3v) is 6.01. The Morgan fingerprint density at radius 1 is 0.719 bits per heavy atom. The minimum absolute atomic E-state index is 0.186. The van der Waals surface area contributed by atoms with Crippen LogP contribution in [0.15, 0.2) is 83.3 Å². The molecule has 1 fully saturated rings.